The highest BCUT2D eigenvalue weighted by molar-refractivity contribution is 6.32. The van der Waals surface area contributed by atoms with Crippen molar-refractivity contribution in [2.24, 2.45) is 5.92 Å². The second-order valence-corrected chi connectivity index (χ2v) is 11.2. The Morgan fingerprint density at radius 1 is 1.03 bits per heavy atom. The fourth-order valence-corrected chi connectivity index (χ4v) is 5.65. The van der Waals surface area contributed by atoms with Crippen LogP contribution in [0.3, 0.4) is 0 Å². The molecule has 5 heteroatoms. The summed E-state index contributed by atoms with van der Waals surface area (Å²) in [6, 6.07) is 15.2. The molecule has 1 aromatic heterocycles. The first-order chi connectivity index (χ1) is 16.0. The minimum Gasteiger partial charge on any atom is -0.455 e. The Bertz CT molecular complexity index is 1190. The highest BCUT2D eigenvalue weighted by Gasteiger charge is 2.38. The Kier molecular flexibility index (Phi) is 6.84. The molecule has 4 rings (SSSR count). The van der Waals surface area contributed by atoms with Gasteiger partial charge in [0.15, 0.2) is 5.78 Å². The van der Waals surface area contributed by atoms with Gasteiger partial charge in [0.05, 0.1) is 5.02 Å². The number of aryl methyl sites for hydroxylation is 1. The van der Waals surface area contributed by atoms with Gasteiger partial charge in [0, 0.05) is 46.6 Å². The van der Waals surface area contributed by atoms with Crippen LogP contribution in [0.25, 0.3) is 11.1 Å². The number of ketones is 1. The molecule has 178 valence electrons. The molecule has 0 aliphatic carbocycles. The second kappa shape index (κ2) is 9.52. The minimum absolute atomic E-state index is 0.0161. The largest absolute Gasteiger partial charge is 0.455 e. The van der Waals surface area contributed by atoms with Gasteiger partial charge in [-0.25, -0.2) is 0 Å². The van der Waals surface area contributed by atoms with E-state index < -0.39 is 0 Å². The van der Waals surface area contributed by atoms with Crippen LogP contribution >= 0.6 is 11.6 Å². The van der Waals surface area contributed by atoms with Crippen LogP contribution in [0.4, 0.5) is 0 Å². The van der Waals surface area contributed by atoms with E-state index in [0.29, 0.717) is 34.4 Å². The predicted molar refractivity (Wildman–Crippen MR) is 139 cm³/mol. The van der Waals surface area contributed by atoms with Crippen molar-refractivity contribution in [1.29, 1.82) is 0 Å². The number of aromatic nitrogens is 1. The molecule has 1 aliphatic rings. The molecule has 1 fully saturated rings. The smallest absolute Gasteiger partial charge is 0.163 e. The number of Topliss-reactive ketones (excluding diaryl/α,β-unsaturated/α-hetero) is 1. The van der Waals surface area contributed by atoms with Gasteiger partial charge in [0.2, 0.25) is 0 Å². The maximum Gasteiger partial charge on any atom is 0.163 e. The Hall–Kier alpha value is -2.69. The zero-order chi connectivity index (χ0) is 24.5. The van der Waals surface area contributed by atoms with Crippen LogP contribution in [-0.2, 0) is 0 Å². The monoisotopic (exact) mass is 476 g/mol. The summed E-state index contributed by atoms with van der Waals surface area (Å²) in [6.45, 7) is 10.8. The van der Waals surface area contributed by atoms with Crippen LogP contribution in [0.1, 0.15) is 62.9 Å². The molecule has 2 aromatic carbocycles. The molecular weight excluding hydrogens is 444 g/mol. The third-order valence-corrected chi connectivity index (χ3v) is 6.59. The van der Waals surface area contributed by atoms with E-state index in [1.54, 1.807) is 12.1 Å². The quantitative estimate of drug-likeness (QED) is 0.371. The molecule has 0 radical (unpaired) electrons. The molecule has 0 bridgehead atoms. The topological polar surface area (TPSA) is 51.2 Å². The van der Waals surface area contributed by atoms with Crippen molar-refractivity contribution in [2.75, 3.05) is 0 Å². The van der Waals surface area contributed by atoms with Gasteiger partial charge in [0.1, 0.15) is 11.5 Å². The normalized spacial score (nSPS) is 17.4. The molecule has 3 aromatic rings. The SMILES string of the molecule is Cc1cncc(-c2ccccc2Oc2ccc(C(=O)CC3CC(C)(C)NC(C)(C)C3)cc2Cl)c1. The summed E-state index contributed by atoms with van der Waals surface area (Å²) in [7, 11) is 0. The average molecular weight is 477 g/mol. The number of halogens is 1. The molecule has 0 saturated carbocycles. The maximum atomic E-state index is 13.1. The van der Waals surface area contributed by atoms with Crippen molar-refractivity contribution in [3.63, 3.8) is 0 Å². The molecule has 1 aliphatic heterocycles. The fraction of sp³-hybridized carbons (Fsp3) is 0.379. The van der Waals surface area contributed by atoms with Crippen molar-refractivity contribution in [2.45, 2.75) is 65.0 Å². The number of rotatable bonds is 6. The average Bonchev–Trinajstić information content (AvgIpc) is 2.73. The molecule has 0 amide bonds. The lowest BCUT2D eigenvalue weighted by atomic mass is 9.74. The molecule has 1 saturated heterocycles. The number of pyridine rings is 1. The van der Waals surface area contributed by atoms with Gasteiger partial charge in [-0.1, -0.05) is 29.8 Å². The highest BCUT2D eigenvalue weighted by atomic mass is 35.5. The van der Waals surface area contributed by atoms with Gasteiger partial charge in [-0.2, -0.15) is 0 Å². The molecular formula is C29H33ClN2O2. The number of hydrogen-bond acceptors (Lipinski definition) is 4. The van der Waals surface area contributed by atoms with Gasteiger partial charge in [0.25, 0.3) is 0 Å². The van der Waals surface area contributed by atoms with Gasteiger partial charge < -0.3 is 10.1 Å². The number of carbonyl (C=O) groups excluding carboxylic acids is 1. The Labute approximate surface area is 207 Å². The van der Waals surface area contributed by atoms with Crippen molar-refractivity contribution < 1.29 is 9.53 Å². The Balaban J connectivity index is 1.51. The van der Waals surface area contributed by atoms with E-state index in [1.165, 1.54) is 0 Å². The van der Waals surface area contributed by atoms with Crippen LogP contribution in [0.5, 0.6) is 11.5 Å². The van der Waals surface area contributed by atoms with Gasteiger partial charge in [-0.15, -0.1) is 0 Å². The molecule has 34 heavy (non-hydrogen) atoms. The molecule has 0 spiro atoms. The first-order valence-corrected chi connectivity index (χ1v) is 12.2. The minimum atomic E-state index is 0.0161. The summed E-state index contributed by atoms with van der Waals surface area (Å²) in [5.74, 6) is 1.67. The predicted octanol–water partition coefficient (Wildman–Crippen LogP) is 7.63. The summed E-state index contributed by atoms with van der Waals surface area (Å²) < 4.78 is 6.19. The number of carbonyl (C=O) groups is 1. The van der Waals surface area contributed by atoms with Crippen molar-refractivity contribution in [1.82, 2.24) is 10.3 Å². The number of para-hydroxylation sites is 1. The highest BCUT2D eigenvalue weighted by Crippen LogP contribution is 2.38. The fourth-order valence-electron chi connectivity index (χ4n) is 5.43. The summed E-state index contributed by atoms with van der Waals surface area (Å²) in [6.07, 6.45) is 6.12. The van der Waals surface area contributed by atoms with E-state index in [4.69, 9.17) is 16.3 Å². The number of nitrogens with zero attached hydrogens (tertiary/aromatic N) is 1. The van der Waals surface area contributed by atoms with Crippen LogP contribution in [0.15, 0.2) is 60.9 Å². The van der Waals surface area contributed by atoms with Crippen molar-refractivity contribution in [3.8, 4) is 22.6 Å². The maximum absolute atomic E-state index is 13.1. The standard InChI is InChI=1S/C29H33ClN2O2/c1-19-12-22(18-31-17-19)23-8-6-7-9-26(23)34-27-11-10-21(14-24(27)30)25(33)13-20-15-28(2,3)32-29(4,5)16-20/h6-12,14,17-18,20,32H,13,15-16H2,1-5H3. The van der Waals surface area contributed by atoms with Gasteiger partial charge >= 0.3 is 0 Å². The zero-order valence-electron chi connectivity index (χ0n) is 20.6. The number of nitrogens with one attached hydrogen (secondary N) is 1. The zero-order valence-corrected chi connectivity index (χ0v) is 21.4. The van der Waals surface area contributed by atoms with Crippen LogP contribution < -0.4 is 10.1 Å². The van der Waals surface area contributed by atoms with Crippen LogP contribution in [-0.4, -0.2) is 21.8 Å². The van der Waals surface area contributed by atoms with E-state index in [2.05, 4.69) is 44.1 Å². The first kappa shape index (κ1) is 24.4. The second-order valence-electron chi connectivity index (χ2n) is 10.8. The lowest BCUT2D eigenvalue weighted by molar-refractivity contribution is 0.0864. The van der Waals surface area contributed by atoms with Crippen LogP contribution in [0, 0.1) is 12.8 Å². The van der Waals surface area contributed by atoms with E-state index >= 15 is 0 Å². The summed E-state index contributed by atoms with van der Waals surface area (Å²) in [5, 5.41) is 4.11. The molecule has 1 N–H and O–H groups in total. The number of benzene rings is 2. The summed E-state index contributed by atoms with van der Waals surface area (Å²) >= 11 is 6.58. The van der Waals surface area contributed by atoms with Gasteiger partial charge in [-0.3, -0.25) is 9.78 Å². The molecule has 4 nitrogen and oxygen atoms in total. The first-order valence-electron chi connectivity index (χ1n) is 11.8. The molecule has 0 unspecified atom stereocenters. The lowest BCUT2D eigenvalue weighted by Crippen LogP contribution is -2.57. The Morgan fingerprint density at radius 3 is 2.41 bits per heavy atom. The van der Waals surface area contributed by atoms with Crippen molar-refractivity contribution in [3.05, 3.63) is 77.1 Å². The van der Waals surface area contributed by atoms with E-state index in [-0.39, 0.29) is 16.9 Å². The Morgan fingerprint density at radius 2 is 1.74 bits per heavy atom. The molecule has 2 heterocycles. The lowest BCUT2D eigenvalue weighted by Gasteiger charge is -2.46. The summed E-state index contributed by atoms with van der Waals surface area (Å²) in [5.41, 5.74) is 3.65. The van der Waals surface area contributed by atoms with E-state index in [9.17, 15) is 4.79 Å². The molecule has 0 atom stereocenters. The van der Waals surface area contributed by atoms with Gasteiger partial charge in [-0.05, 0) is 89.3 Å². The van der Waals surface area contributed by atoms with E-state index in [0.717, 1.165) is 29.5 Å². The van der Waals surface area contributed by atoms with Crippen molar-refractivity contribution >= 4 is 17.4 Å². The number of hydrogen-bond donors (Lipinski definition) is 1. The number of piperidine rings is 1. The van der Waals surface area contributed by atoms with E-state index in [1.807, 2.05) is 49.6 Å². The third-order valence-electron chi connectivity index (χ3n) is 6.30. The number of ether oxygens (including phenoxy) is 1. The summed E-state index contributed by atoms with van der Waals surface area (Å²) in [4.78, 5) is 17.4. The third kappa shape index (κ3) is 5.86. The van der Waals surface area contributed by atoms with Crippen LogP contribution in [0.2, 0.25) is 5.02 Å².